The normalized spacial score (nSPS) is 17.0. The number of carbonyl (C=O) groups is 2. The fraction of sp³-hybridized carbons (Fsp3) is 0.579. The summed E-state index contributed by atoms with van der Waals surface area (Å²) in [6.45, 7) is 5.45. The Labute approximate surface area is 159 Å². The predicted molar refractivity (Wildman–Crippen MR) is 104 cm³/mol. The summed E-state index contributed by atoms with van der Waals surface area (Å²) in [6, 6.07) is 7.55. The first-order chi connectivity index (χ1) is 12.5. The highest BCUT2D eigenvalue weighted by Crippen LogP contribution is 2.19. The minimum absolute atomic E-state index is 0.182. The highest BCUT2D eigenvalue weighted by molar-refractivity contribution is 8.00. The Morgan fingerprint density at radius 3 is 2.65 bits per heavy atom. The van der Waals surface area contributed by atoms with Crippen LogP contribution in [0.15, 0.2) is 24.3 Å². The van der Waals surface area contributed by atoms with E-state index >= 15 is 0 Å². The van der Waals surface area contributed by atoms with Crippen LogP contribution in [0.2, 0.25) is 0 Å². The summed E-state index contributed by atoms with van der Waals surface area (Å²) in [5.74, 6) is 0.929. The van der Waals surface area contributed by atoms with Gasteiger partial charge < -0.3 is 19.6 Å². The number of aliphatic carboxylic acids is 1. The zero-order valence-corrected chi connectivity index (χ0v) is 16.3. The molecule has 2 rings (SSSR count). The number of likely N-dealkylation sites (N-methyl/N-ethyl adjacent to an activating group) is 1. The molecule has 1 atom stereocenters. The molecule has 0 radical (unpaired) electrons. The average molecular weight is 381 g/mol. The third kappa shape index (κ3) is 6.53. The lowest BCUT2D eigenvalue weighted by atomic mass is 10.1. The first-order valence-electron chi connectivity index (χ1n) is 9.02. The first-order valence-corrected chi connectivity index (χ1v) is 10.1. The van der Waals surface area contributed by atoms with Gasteiger partial charge in [-0.3, -0.25) is 9.59 Å². The monoisotopic (exact) mass is 380 g/mol. The maximum Gasteiger partial charge on any atom is 0.316 e. The minimum atomic E-state index is -0.773. The molecule has 0 bridgehead atoms. The molecule has 0 aliphatic carbocycles. The average Bonchev–Trinajstić information content (AvgIpc) is 2.78. The molecule has 1 aromatic rings. The topological polar surface area (TPSA) is 70.1 Å². The van der Waals surface area contributed by atoms with E-state index in [-0.39, 0.29) is 5.91 Å². The van der Waals surface area contributed by atoms with Gasteiger partial charge in [-0.15, -0.1) is 11.8 Å². The highest BCUT2D eigenvalue weighted by Gasteiger charge is 2.19. The Hall–Kier alpha value is -1.73. The van der Waals surface area contributed by atoms with Crippen LogP contribution in [0.1, 0.15) is 18.9 Å². The summed E-state index contributed by atoms with van der Waals surface area (Å²) in [7, 11) is 2.03. The number of thioether (sulfide) groups is 1. The van der Waals surface area contributed by atoms with E-state index < -0.39 is 11.2 Å². The van der Waals surface area contributed by atoms with Crippen molar-refractivity contribution in [2.45, 2.75) is 25.0 Å². The number of carboxylic acid groups (broad SMARTS) is 1. The predicted octanol–water partition coefficient (Wildman–Crippen LogP) is 1.98. The van der Waals surface area contributed by atoms with E-state index in [1.807, 2.05) is 43.1 Å². The van der Waals surface area contributed by atoms with E-state index in [1.54, 1.807) is 0 Å². The number of amides is 1. The van der Waals surface area contributed by atoms with Gasteiger partial charge in [0.2, 0.25) is 5.91 Å². The second kappa shape index (κ2) is 10.4. The van der Waals surface area contributed by atoms with Gasteiger partial charge in [0.1, 0.15) is 17.6 Å². The van der Waals surface area contributed by atoms with Crippen molar-refractivity contribution < 1.29 is 19.4 Å². The molecule has 0 saturated carbocycles. The van der Waals surface area contributed by atoms with Crippen LogP contribution in [0.5, 0.6) is 5.75 Å². The number of nitrogens with zero attached hydrogens (tertiary/aromatic N) is 2. The Morgan fingerprint density at radius 2 is 2.00 bits per heavy atom. The number of carboxylic acids is 1. The molecule has 7 heteroatoms. The zero-order valence-electron chi connectivity index (χ0n) is 15.5. The van der Waals surface area contributed by atoms with E-state index in [1.165, 1.54) is 11.8 Å². The summed E-state index contributed by atoms with van der Waals surface area (Å²) in [4.78, 5) is 27.3. The molecule has 1 heterocycles. The second-order valence-corrected chi connectivity index (χ2v) is 7.89. The third-order valence-corrected chi connectivity index (χ3v) is 5.53. The van der Waals surface area contributed by atoms with Crippen LogP contribution >= 0.6 is 11.8 Å². The summed E-state index contributed by atoms with van der Waals surface area (Å²) in [6.07, 6.45) is 1.07. The molecule has 1 aliphatic heterocycles. The summed E-state index contributed by atoms with van der Waals surface area (Å²) >= 11 is 1.44. The third-order valence-electron chi connectivity index (χ3n) is 4.43. The second-order valence-electron chi connectivity index (χ2n) is 6.41. The van der Waals surface area contributed by atoms with Gasteiger partial charge >= 0.3 is 5.97 Å². The molecule has 1 saturated heterocycles. The van der Waals surface area contributed by atoms with Crippen molar-refractivity contribution in [2.24, 2.45) is 0 Å². The van der Waals surface area contributed by atoms with Gasteiger partial charge in [0.05, 0.1) is 6.54 Å². The lowest BCUT2D eigenvalue weighted by molar-refractivity contribution is -0.136. The fourth-order valence-corrected chi connectivity index (χ4v) is 3.69. The molecule has 1 amide bonds. The molecule has 1 N–H and O–H groups in total. The van der Waals surface area contributed by atoms with Crippen LogP contribution in [-0.4, -0.2) is 77.6 Å². The molecule has 1 aromatic carbocycles. The van der Waals surface area contributed by atoms with Crippen LogP contribution in [0.25, 0.3) is 0 Å². The van der Waals surface area contributed by atoms with Crippen LogP contribution in [-0.2, 0) is 16.0 Å². The van der Waals surface area contributed by atoms with Crippen molar-refractivity contribution in [3.63, 3.8) is 0 Å². The van der Waals surface area contributed by atoms with Crippen molar-refractivity contribution >= 4 is 23.6 Å². The minimum Gasteiger partial charge on any atom is -0.492 e. The fourth-order valence-electron chi connectivity index (χ4n) is 2.84. The SMILES string of the molecule is CCSC(Cc1ccc(OCCN2CCN(C)CCC2=O)cc1)C(=O)O. The number of benzene rings is 1. The maximum absolute atomic E-state index is 12.1. The van der Waals surface area contributed by atoms with Crippen LogP contribution < -0.4 is 4.74 Å². The van der Waals surface area contributed by atoms with Gasteiger partial charge in [0, 0.05) is 26.1 Å². The van der Waals surface area contributed by atoms with Crippen molar-refractivity contribution in [2.75, 3.05) is 45.6 Å². The summed E-state index contributed by atoms with van der Waals surface area (Å²) in [5, 5.41) is 8.82. The quantitative estimate of drug-likeness (QED) is 0.706. The smallest absolute Gasteiger partial charge is 0.316 e. The maximum atomic E-state index is 12.1. The lowest BCUT2D eigenvalue weighted by Gasteiger charge is -2.20. The van der Waals surface area contributed by atoms with Crippen molar-refractivity contribution in [1.82, 2.24) is 9.80 Å². The van der Waals surface area contributed by atoms with E-state index in [9.17, 15) is 14.7 Å². The van der Waals surface area contributed by atoms with Gasteiger partial charge in [-0.25, -0.2) is 0 Å². The Morgan fingerprint density at radius 1 is 1.27 bits per heavy atom. The molecule has 1 fully saturated rings. The van der Waals surface area contributed by atoms with Gasteiger partial charge in [0.25, 0.3) is 0 Å². The van der Waals surface area contributed by atoms with Crippen LogP contribution in [0.3, 0.4) is 0 Å². The standard InChI is InChI=1S/C19H28N2O4S/c1-3-26-17(19(23)24)14-15-4-6-16(7-5-15)25-13-12-21-11-10-20(2)9-8-18(21)22/h4-7,17H,3,8-14H2,1-2H3,(H,23,24). The van der Waals surface area contributed by atoms with Gasteiger partial charge in [-0.2, -0.15) is 0 Å². The van der Waals surface area contributed by atoms with Gasteiger partial charge in [-0.05, 0) is 36.9 Å². The van der Waals surface area contributed by atoms with Crippen LogP contribution in [0.4, 0.5) is 0 Å². The van der Waals surface area contributed by atoms with E-state index in [0.717, 1.165) is 36.7 Å². The van der Waals surface area contributed by atoms with Gasteiger partial charge in [-0.1, -0.05) is 19.1 Å². The Kier molecular flexibility index (Phi) is 8.25. The first kappa shape index (κ1) is 20.6. The molecule has 1 aliphatic rings. The Balaban J connectivity index is 1.80. The molecular formula is C19H28N2O4S. The zero-order chi connectivity index (χ0) is 18.9. The van der Waals surface area contributed by atoms with E-state index in [4.69, 9.17) is 4.74 Å². The lowest BCUT2D eigenvalue weighted by Crippen LogP contribution is -2.35. The molecule has 6 nitrogen and oxygen atoms in total. The summed E-state index contributed by atoms with van der Waals surface area (Å²) < 4.78 is 5.75. The van der Waals surface area contributed by atoms with Crippen molar-refractivity contribution in [3.05, 3.63) is 29.8 Å². The van der Waals surface area contributed by atoms with Crippen molar-refractivity contribution in [3.8, 4) is 5.75 Å². The van der Waals surface area contributed by atoms with Crippen molar-refractivity contribution in [1.29, 1.82) is 0 Å². The largest absolute Gasteiger partial charge is 0.492 e. The molecular weight excluding hydrogens is 352 g/mol. The highest BCUT2D eigenvalue weighted by atomic mass is 32.2. The van der Waals surface area contributed by atoms with E-state index in [2.05, 4.69) is 4.90 Å². The summed E-state index contributed by atoms with van der Waals surface area (Å²) in [5.41, 5.74) is 0.983. The number of hydrogen-bond donors (Lipinski definition) is 1. The molecule has 1 unspecified atom stereocenters. The van der Waals surface area contributed by atoms with E-state index in [0.29, 0.717) is 26.0 Å². The van der Waals surface area contributed by atoms with Gasteiger partial charge in [0.15, 0.2) is 0 Å². The number of rotatable bonds is 9. The number of carbonyl (C=O) groups excluding carboxylic acids is 1. The number of hydrogen-bond acceptors (Lipinski definition) is 5. The van der Waals surface area contributed by atoms with Crippen LogP contribution in [0, 0.1) is 0 Å². The Bertz CT molecular complexity index is 594. The molecule has 0 aromatic heterocycles. The molecule has 144 valence electrons. The number of ether oxygens (including phenoxy) is 1. The molecule has 0 spiro atoms. The molecule has 26 heavy (non-hydrogen) atoms.